The molecule has 0 unspecified atom stereocenters. The molecule has 82 valence electrons. The summed E-state index contributed by atoms with van der Waals surface area (Å²) in [6.07, 6.45) is 0.875. The van der Waals surface area contributed by atoms with Crippen molar-refractivity contribution in [1.82, 2.24) is 0 Å². The second kappa shape index (κ2) is 5.39. The van der Waals surface area contributed by atoms with Gasteiger partial charge in [0.1, 0.15) is 0 Å². The Balaban J connectivity index is 2.38. The van der Waals surface area contributed by atoms with Gasteiger partial charge in [-0.25, -0.2) is 0 Å². The molecule has 0 radical (unpaired) electrons. The summed E-state index contributed by atoms with van der Waals surface area (Å²) >= 11 is 0. The average Bonchev–Trinajstić information content (AvgIpc) is 2.18. The summed E-state index contributed by atoms with van der Waals surface area (Å²) in [6.45, 7) is 4.84. The Morgan fingerprint density at radius 3 is 2.67 bits per heavy atom. The van der Waals surface area contributed by atoms with Crippen LogP contribution in [0, 0.1) is 13.8 Å². The molecule has 1 rings (SSSR count). The highest BCUT2D eigenvalue weighted by molar-refractivity contribution is 5.66. The second-order valence-corrected chi connectivity index (χ2v) is 3.72. The predicted molar refractivity (Wildman–Crippen MR) is 61.3 cm³/mol. The smallest absolute Gasteiger partial charge is 0.303 e. The van der Waals surface area contributed by atoms with E-state index in [0.717, 1.165) is 5.69 Å². The molecule has 3 heteroatoms. The van der Waals surface area contributed by atoms with Crippen molar-refractivity contribution in [2.45, 2.75) is 26.7 Å². The highest BCUT2D eigenvalue weighted by Gasteiger charge is 1.98. The molecule has 0 aromatic heterocycles. The van der Waals surface area contributed by atoms with Crippen molar-refractivity contribution < 1.29 is 9.90 Å². The van der Waals surface area contributed by atoms with Crippen molar-refractivity contribution in [3.63, 3.8) is 0 Å². The standard InChI is InChI=1S/C12H17NO2/c1-9-5-6-11(8-10(9)2)13-7-3-4-12(14)15/h5-6,8,13H,3-4,7H2,1-2H3,(H,14,15). The number of carboxylic acid groups (broad SMARTS) is 1. The number of hydrogen-bond donors (Lipinski definition) is 2. The third-order valence-electron chi connectivity index (χ3n) is 2.40. The van der Waals surface area contributed by atoms with E-state index in [0.29, 0.717) is 13.0 Å². The van der Waals surface area contributed by atoms with E-state index in [2.05, 4.69) is 31.3 Å². The summed E-state index contributed by atoms with van der Waals surface area (Å²) in [6, 6.07) is 6.16. The predicted octanol–water partition coefficient (Wildman–Crippen LogP) is 2.58. The van der Waals surface area contributed by atoms with Crippen molar-refractivity contribution in [3.05, 3.63) is 29.3 Å². The first-order valence-corrected chi connectivity index (χ1v) is 5.12. The van der Waals surface area contributed by atoms with Gasteiger partial charge in [0, 0.05) is 18.7 Å². The molecule has 0 aliphatic heterocycles. The van der Waals surface area contributed by atoms with E-state index < -0.39 is 5.97 Å². The first kappa shape index (κ1) is 11.6. The van der Waals surface area contributed by atoms with Gasteiger partial charge in [-0.3, -0.25) is 4.79 Å². The molecular formula is C12H17NO2. The molecule has 1 aromatic carbocycles. The number of aliphatic carboxylic acids is 1. The van der Waals surface area contributed by atoms with Crippen LogP contribution in [0.25, 0.3) is 0 Å². The van der Waals surface area contributed by atoms with Crippen LogP contribution in [0.2, 0.25) is 0 Å². The van der Waals surface area contributed by atoms with Crippen LogP contribution in [-0.4, -0.2) is 17.6 Å². The zero-order chi connectivity index (χ0) is 11.3. The minimum Gasteiger partial charge on any atom is -0.481 e. The van der Waals surface area contributed by atoms with Gasteiger partial charge in [0.2, 0.25) is 0 Å². The fourth-order valence-corrected chi connectivity index (χ4v) is 1.32. The van der Waals surface area contributed by atoms with Gasteiger partial charge in [0.15, 0.2) is 0 Å². The van der Waals surface area contributed by atoms with Crippen molar-refractivity contribution >= 4 is 11.7 Å². The summed E-state index contributed by atoms with van der Waals surface area (Å²) in [5.74, 6) is -0.739. The lowest BCUT2D eigenvalue weighted by Gasteiger charge is -2.07. The number of hydrogen-bond acceptors (Lipinski definition) is 2. The lowest BCUT2D eigenvalue weighted by Crippen LogP contribution is -2.04. The Bertz CT molecular complexity index is 347. The summed E-state index contributed by atoms with van der Waals surface area (Å²) in [5, 5.41) is 11.7. The van der Waals surface area contributed by atoms with Crippen molar-refractivity contribution in [3.8, 4) is 0 Å². The van der Waals surface area contributed by atoms with Gasteiger partial charge in [-0.1, -0.05) is 6.07 Å². The first-order valence-electron chi connectivity index (χ1n) is 5.12. The molecule has 0 saturated heterocycles. The number of carboxylic acids is 1. The lowest BCUT2D eigenvalue weighted by molar-refractivity contribution is -0.137. The molecule has 0 spiro atoms. The van der Waals surface area contributed by atoms with Gasteiger partial charge in [0.05, 0.1) is 0 Å². The van der Waals surface area contributed by atoms with E-state index in [1.54, 1.807) is 0 Å². The maximum atomic E-state index is 10.3. The van der Waals surface area contributed by atoms with Gasteiger partial charge in [-0.05, 0) is 43.5 Å². The van der Waals surface area contributed by atoms with Crippen LogP contribution in [-0.2, 0) is 4.79 Å². The van der Waals surface area contributed by atoms with Crippen LogP contribution in [0.4, 0.5) is 5.69 Å². The van der Waals surface area contributed by atoms with Crippen LogP contribution < -0.4 is 5.32 Å². The van der Waals surface area contributed by atoms with E-state index >= 15 is 0 Å². The van der Waals surface area contributed by atoms with Crippen LogP contribution in [0.5, 0.6) is 0 Å². The molecule has 0 saturated carbocycles. The topological polar surface area (TPSA) is 49.3 Å². The summed E-state index contributed by atoms with van der Waals surface area (Å²) < 4.78 is 0. The fourth-order valence-electron chi connectivity index (χ4n) is 1.32. The Kier molecular flexibility index (Phi) is 4.16. The molecule has 0 fully saturated rings. The number of anilines is 1. The molecule has 2 N–H and O–H groups in total. The Hall–Kier alpha value is -1.51. The van der Waals surface area contributed by atoms with Crippen LogP contribution >= 0.6 is 0 Å². The van der Waals surface area contributed by atoms with E-state index in [1.165, 1.54) is 11.1 Å². The van der Waals surface area contributed by atoms with Gasteiger partial charge in [-0.15, -0.1) is 0 Å². The molecule has 1 aromatic rings. The van der Waals surface area contributed by atoms with E-state index in [9.17, 15) is 4.79 Å². The van der Waals surface area contributed by atoms with Crippen LogP contribution in [0.1, 0.15) is 24.0 Å². The molecule has 0 aliphatic rings. The maximum absolute atomic E-state index is 10.3. The van der Waals surface area contributed by atoms with Crippen molar-refractivity contribution in [2.24, 2.45) is 0 Å². The molecule has 15 heavy (non-hydrogen) atoms. The highest BCUT2D eigenvalue weighted by Crippen LogP contribution is 2.13. The van der Waals surface area contributed by atoms with Gasteiger partial charge >= 0.3 is 5.97 Å². The number of aryl methyl sites for hydroxylation is 2. The Labute approximate surface area is 90.1 Å². The third kappa shape index (κ3) is 4.02. The minimum atomic E-state index is -0.739. The summed E-state index contributed by atoms with van der Waals surface area (Å²) in [7, 11) is 0. The van der Waals surface area contributed by atoms with E-state index in [4.69, 9.17) is 5.11 Å². The van der Waals surface area contributed by atoms with Gasteiger partial charge < -0.3 is 10.4 Å². The van der Waals surface area contributed by atoms with Gasteiger partial charge in [-0.2, -0.15) is 0 Å². The van der Waals surface area contributed by atoms with Crippen LogP contribution in [0.15, 0.2) is 18.2 Å². The molecule has 0 atom stereocenters. The zero-order valence-corrected chi connectivity index (χ0v) is 9.21. The largest absolute Gasteiger partial charge is 0.481 e. The molecule has 0 heterocycles. The lowest BCUT2D eigenvalue weighted by atomic mass is 10.1. The minimum absolute atomic E-state index is 0.220. The molecule has 3 nitrogen and oxygen atoms in total. The molecule has 0 aliphatic carbocycles. The molecule has 0 bridgehead atoms. The fraction of sp³-hybridized carbons (Fsp3) is 0.417. The summed E-state index contributed by atoms with van der Waals surface area (Å²) in [5.41, 5.74) is 3.58. The normalized spacial score (nSPS) is 10.0. The SMILES string of the molecule is Cc1ccc(NCCCC(=O)O)cc1C. The molecular weight excluding hydrogens is 190 g/mol. The van der Waals surface area contributed by atoms with Crippen molar-refractivity contribution in [2.75, 3.05) is 11.9 Å². The van der Waals surface area contributed by atoms with Gasteiger partial charge in [0.25, 0.3) is 0 Å². The zero-order valence-electron chi connectivity index (χ0n) is 9.21. The monoisotopic (exact) mass is 207 g/mol. The number of carbonyl (C=O) groups is 1. The second-order valence-electron chi connectivity index (χ2n) is 3.72. The number of rotatable bonds is 5. The Morgan fingerprint density at radius 1 is 1.33 bits per heavy atom. The first-order chi connectivity index (χ1) is 7.09. The number of nitrogens with one attached hydrogen (secondary N) is 1. The number of benzene rings is 1. The van der Waals surface area contributed by atoms with E-state index in [1.807, 2.05) is 6.07 Å². The Morgan fingerprint density at radius 2 is 2.07 bits per heavy atom. The third-order valence-corrected chi connectivity index (χ3v) is 2.40. The van der Waals surface area contributed by atoms with E-state index in [-0.39, 0.29) is 6.42 Å². The average molecular weight is 207 g/mol. The van der Waals surface area contributed by atoms with Crippen molar-refractivity contribution in [1.29, 1.82) is 0 Å². The maximum Gasteiger partial charge on any atom is 0.303 e. The molecule has 0 amide bonds. The quantitative estimate of drug-likeness (QED) is 0.729. The highest BCUT2D eigenvalue weighted by atomic mass is 16.4. The van der Waals surface area contributed by atoms with Crippen LogP contribution in [0.3, 0.4) is 0 Å². The summed E-state index contributed by atoms with van der Waals surface area (Å²) in [4.78, 5) is 10.3.